The molecule has 1 N–H and O–H groups in total. The fourth-order valence-electron chi connectivity index (χ4n) is 5.63. The average molecular weight is 516 g/mol. The molecule has 2 unspecified atom stereocenters. The van der Waals surface area contributed by atoms with E-state index in [-0.39, 0.29) is 17.8 Å². The smallest absolute Gasteiger partial charge is 0.262 e. The first-order chi connectivity index (χ1) is 18.2. The van der Waals surface area contributed by atoms with Crippen LogP contribution in [0.4, 0.5) is 4.39 Å². The van der Waals surface area contributed by atoms with Gasteiger partial charge in [-0.25, -0.2) is 9.82 Å². The Morgan fingerprint density at radius 1 is 1.11 bits per heavy atom. The van der Waals surface area contributed by atoms with Crippen LogP contribution in [0.15, 0.2) is 76.7 Å². The molecule has 1 fully saturated rings. The summed E-state index contributed by atoms with van der Waals surface area (Å²) in [5.74, 6) is -0.534. The Morgan fingerprint density at radius 3 is 2.81 bits per heavy atom. The van der Waals surface area contributed by atoms with Gasteiger partial charge in [0.05, 0.1) is 11.8 Å². The third-order valence-electron chi connectivity index (χ3n) is 7.53. The number of allylic oxidation sites excluding steroid dienone is 1. The summed E-state index contributed by atoms with van der Waals surface area (Å²) in [6, 6.07) is 16.0. The van der Waals surface area contributed by atoms with Gasteiger partial charge in [0.15, 0.2) is 0 Å². The van der Waals surface area contributed by atoms with Crippen LogP contribution in [0.5, 0.6) is 0 Å². The molecule has 3 heterocycles. The van der Waals surface area contributed by atoms with Gasteiger partial charge in [-0.3, -0.25) is 9.69 Å². The van der Waals surface area contributed by atoms with Crippen molar-refractivity contribution in [1.82, 2.24) is 10.3 Å². The van der Waals surface area contributed by atoms with Gasteiger partial charge in [-0.15, -0.1) is 11.3 Å². The number of ether oxygens (including phenoxy) is 1. The lowest BCUT2D eigenvalue weighted by Crippen LogP contribution is -2.42. The maximum Gasteiger partial charge on any atom is 0.262 e. The summed E-state index contributed by atoms with van der Waals surface area (Å²) in [6.07, 6.45) is 7.06. The summed E-state index contributed by atoms with van der Waals surface area (Å²) in [6.45, 7) is 2.17. The number of benzene rings is 2. The van der Waals surface area contributed by atoms with E-state index >= 15 is 0 Å². The maximum atomic E-state index is 13.8. The highest BCUT2D eigenvalue weighted by atomic mass is 32.1. The van der Waals surface area contributed by atoms with Crippen LogP contribution in [0.2, 0.25) is 0 Å². The fourth-order valence-corrected chi connectivity index (χ4v) is 6.52. The van der Waals surface area contributed by atoms with Crippen LogP contribution in [0, 0.1) is 5.82 Å². The average Bonchev–Trinajstić information content (AvgIpc) is 3.41. The zero-order valence-corrected chi connectivity index (χ0v) is 21.5. The number of thiophene rings is 1. The number of nitrogens with one attached hydrogen (secondary N) is 1. The quantitative estimate of drug-likeness (QED) is 0.453. The Balaban J connectivity index is 1.32. The topological polar surface area (TPSA) is 53.9 Å². The molecule has 37 heavy (non-hydrogen) atoms. The second-order valence-electron chi connectivity index (χ2n) is 9.86. The van der Waals surface area contributed by atoms with E-state index in [1.807, 2.05) is 12.1 Å². The number of halogens is 1. The van der Waals surface area contributed by atoms with Gasteiger partial charge in [0.1, 0.15) is 11.9 Å². The highest BCUT2D eigenvalue weighted by molar-refractivity contribution is 7.10. The van der Waals surface area contributed by atoms with E-state index < -0.39 is 6.04 Å². The number of amides is 1. The summed E-state index contributed by atoms with van der Waals surface area (Å²) in [5, 5.41) is 6.85. The summed E-state index contributed by atoms with van der Waals surface area (Å²) in [4.78, 5) is 17.3. The van der Waals surface area contributed by atoms with Crippen molar-refractivity contribution >= 4 is 23.0 Å². The van der Waals surface area contributed by atoms with E-state index in [9.17, 15) is 9.18 Å². The molecule has 1 amide bonds. The Hall–Kier alpha value is -3.13. The second kappa shape index (κ2) is 10.7. The number of rotatable bonds is 5. The van der Waals surface area contributed by atoms with Crippen LogP contribution in [0.25, 0.3) is 0 Å². The molecule has 190 valence electrons. The number of fused-ring (bicyclic) bond motifs is 2. The highest BCUT2D eigenvalue weighted by Gasteiger charge is 2.32. The molecule has 2 aromatic carbocycles. The first-order valence-corrected chi connectivity index (χ1v) is 13.9. The standard InChI is InChI=1S/C30H30FN3O2S/c31-23-11-8-21(9-12-23)29(34-16-14-27-22(19-34)15-18-37-27)30(35)33-32-28-24-6-2-1-5-20(24)10-13-25(28)26-7-3-4-17-36-26/h1-2,5-6,8-9,11-13,15,18,26,29H,3-4,7,10,14,16-17,19H2,(H,33,35)/b32-28+. The number of hydrogen-bond donors (Lipinski definition) is 1. The minimum absolute atomic E-state index is 0.00948. The zero-order valence-electron chi connectivity index (χ0n) is 20.7. The van der Waals surface area contributed by atoms with E-state index in [1.165, 1.54) is 28.1 Å². The second-order valence-corrected chi connectivity index (χ2v) is 10.9. The van der Waals surface area contributed by atoms with Crippen molar-refractivity contribution < 1.29 is 13.9 Å². The van der Waals surface area contributed by atoms with Crippen molar-refractivity contribution in [3.8, 4) is 0 Å². The molecular formula is C30H30FN3O2S. The van der Waals surface area contributed by atoms with E-state index in [0.717, 1.165) is 67.7 Å². The minimum Gasteiger partial charge on any atom is -0.373 e. The molecule has 0 saturated carbocycles. The third kappa shape index (κ3) is 5.04. The van der Waals surface area contributed by atoms with Crippen LogP contribution in [-0.4, -0.2) is 35.8 Å². The van der Waals surface area contributed by atoms with Crippen molar-refractivity contribution in [3.63, 3.8) is 0 Å². The maximum absolute atomic E-state index is 13.8. The van der Waals surface area contributed by atoms with Crippen molar-refractivity contribution in [2.75, 3.05) is 13.2 Å². The Bertz CT molecular complexity index is 1340. The van der Waals surface area contributed by atoms with Gasteiger partial charge >= 0.3 is 0 Å². The number of hydrogen-bond acceptors (Lipinski definition) is 5. The lowest BCUT2D eigenvalue weighted by atomic mass is 9.85. The molecular weight excluding hydrogens is 485 g/mol. The largest absolute Gasteiger partial charge is 0.373 e. The molecule has 0 radical (unpaired) electrons. The first kappa shape index (κ1) is 24.2. The minimum atomic E-state index is -0.574. The molecule has 3 aliphatic rings. The van der Waals surface area contributed by atoms with Crippen LogP contribution in [0.3, 0.4) is 0 Å². The number of carbonyl (C=O) groups excluding carboxylic acids is 1. The van der Waals surface area contributed by atoms with Crippen LogP contribution < -0.4 is 5.43 Å². The summed E-state index contributed by atoms with van der Waals surface area (Å²) < 4.78 is 19.9. The number of carbonyl (C=O) groups is 1. The normalized spacial score (nSPS) is 21.6. The summed E-state index contributed by atoms with van der Waals surface area (Å²) >= 11 is 1.76. The van der Waals surface area contributed by atoms with Gasteiger partial charge in [0, 0.05) is 35.7 Å². The Labute approximate surface area is 220 Å². The van der Waals surface area contributed by atoms with Crippen molar-refractivity contribution in [2.45, 2.75) is 50.8 Å². The third-order valence-corrected chi connectivity index (χ3v) is 8.55. The zero-order chi connectivity index (χ0) is 25.2. The van der Waals surface area contributed by atoms with Gasteiger partial charge in [-0.2, -0.15) is 5.10 Å². The summed E-state index contributed by atoms with van der Waals surface area (Å²) in [5.41, 5.74) is 8.97. The molecule has 0 bridgehead atoms. The molecule has 1 aromatic heterocycles. The van der Waals surface area contributed by atoms with E-state index in [1.54, 1.807) is 23.5 Å². The van der Waals surface area contributed by atoms with E-state index in [2.05, 4.69) is 40.0 Å². The molecule has 5 nitrogen and oxygen atoms in total. The van der Waals surface area contributed by atoms with Gasteiger partial charge in [-0.05, 0) is 72.4 Å². The van der Waals surface area contributed by atoms with Crippen molar-refractivity contribution in [2.24, 2.45) is 5.10 Å². The van der Waals surface area contributed by atoms with Crippen molar-refractivity contribution in [3.05, 3.63) is 105 Å². The van der Waals surface area contributed by atoms with Crippen LogP contribution in [0.1, 0.15) is 52.4 Å². The monoisotopic (exact) mass is 515 g/mol. The summed E-state index contributed by atoms with van der Waals surface area (Å²) in [7, 11) is 0. The molecule has 2 atom stereocenters. The fraction of sp³-hybridized carbons (Fsp3) is 0.333. The van der Waals surface area contributed by atoms with Gasteiger partial charge in [-0.1, -0.05) is 42.5 Å². The molecule has 2 aliphatic heterocycles. The Kier molecular flexibility index (Phi) is 7.00. The molecule has 1 saturated heterocycles. The Morgan fingerprint density at radius 2 is 1.97 bits per heavy atom. The van der Waals surface area contributed by atoms with Gasteiger partial charge < -0.3 is 4.74 Å². The molecule has 0 spiro atoms. The first-order valence-electron chi connectivity index (χ1n) is 13.0. The molecule has 7 heteroatoms. The highest BCUT2D eigenvalue weighted by Crippen LogP contribution is 2.32. The van der Waals surface area contributed by atoms with E-state index in [4.69, 9.17) is 9.84 Å². The lowest BCUT2D eigenvalue weighted by Gasteiger charge is -2.33. The predicted molar refractivity (Wildman–Crippen MR) is 144 cm³/mol. The number of hydrazone groups is 1. The van der Waals surface area contributed by atoms with Crippen LogP contribution >= 0.6 is 11.3 Å². The lowest BCUT2D eigenvalue weighted by molar-refractivity contribution is -0.127. The van der Waals surface area contributed by atoms with E-state index in [0.29, 0.717) is 6.54 Å². The molecule has 3 aromatic rings. The number of nitrogens with zero attached hydrogens (tertiary/aromatic N) is 2. The molecule has 1 aliphatic carbocycles. The van der Waals surface area contributed by atoms with Crippen molar-refractivity contribution in [1.29, 1.82) is 0 Å². The predicted octanol–water partition coefficient (Wildman–Crippen LogP) is 5.56. The SMILES string of the molecule is O=C(N/N=C1/C(C2CCCCO2)=CCc2ccccc21)C(c1ccc(F)cc1)N1CCc2sccc2C1. The molecule has 6 rings (SSSR count). The van der Waals surface area contributed by atoms with Crippen LogP contribution in [-0.2, 0) is 28.9 Å². The van der Waals surface area contributed by atoms with Gasteiger partial charge in [0.25, 0.3) is 5.91 Å². The van der Waals surface area contributed by atoms with Gasteiger partial charge in [0.2, 0.25) is 0 Å².